The first-order chi connectivity index (χ1) is 17.3. The summed E-state index contributed by atoms with van der Waals surface area (Å²) in [5, 5.41) is 9.23. The number of carbonyl (C=O) groups excluding carboxylic acids is 1. The number of rotatable bonds is 12. The molecule has 2 aromatic carbocycles. The van der Waals surface area contributed by atoms with Crippen LogP contribution in [0.15, 0.2) is 48.5 Å². The number of hydrogen-bond acceptors (Lipinski definition) is 5. The number of para-hydroxylation sites is 1. The number of aliphatic carboxylic acids is 1. The first-order valence-corrected chi connectivity index (χ1v) is 12.0. The van der Waals surface area contributed by atoms with E-state index < -0.39 is 35.7 Å². The highest BCUT2D eigenvalue weighted by atomic mass is 19.4. The average Bonchev–Trinajstić information content (AvgIpc) is 2.80. The number of benzene rings is 2. The summed E-state index contributed by atoms with van der Waals surface area (Å²) in [5.41, 5.74) is -0.383. The van der Waals surface area contributed by atoms with Gasteiger partial charge in [-0.2, -0.15) is 13.2 Å². The number of carboxylic acid groups (broad SMARTS) is 1. The number of hydrogen-bond donors (Lipinski definition) is 1. The van der Waals surface area contributed by atoms with E-state index in [1.54, 1.807) is 31.2 Å². The van der Waals surface area contributed by atoms with Crippen molar-refractivity contribution < 1.29 is 42.1 Å². The van der Waals surface area contributed by atoms with Crippen LogP contribution in [-0.2, 0) is 22.1 Å². The molecule has 0 saturated carbocycles. The van der Waals surface area contributed by atoms with Crippen LogP contribution in [0.2, 0.25) is 0 Å². The monoisotopic (exact) mass is 525 g/mol. The number of carbonyl (C=O) groups is 2. The van der Waals surface area contributed by atoms with Gasteiger partial charge in [-0.15, -0.1) is 0 Å². The molecule has 0 heterocycles. The predicted octanol–water partition coefficient (Wildman–Crippen LogP) is 6.05. The van der Waals surface area contributed by atoms with E-state index in [-0.39, 0.29) is 38.1 Å². The molecule has 1 amide bonds. The molecule has 37 heavy (non-hydrogen) atoms. The van der Waals surface area contributed by atoms with Crippen LogP contribution in [0.25, 0.3) is 0 Å². The quantitative estimate of drug-likeness (QED) is 0.363. The second-order valence-corrected chi connectivity index (χ2v) is 9.64. The van der Waals surface area contributed by atoms with Crippen molar-refractivity contribution in [3.8, 4) is 11.5 Å². The van der Waals surface area contributed by atoms with Crippen LogP contribution in [0.4, 0.5) is 18.0 Å². The first kappa shape index (κ1) is 30.0. The van der Waals surface area contributed by atoms with E-state index in [9.17, 15) is 27.9 Å². The zero-order valence-electron chi connectivity index (χ0n) is 21.5. The molecule has 1 N–H and O–H groups in total. The number of carboxylic acids is 1. The Kier molecular flexibility index (Phi) is 10.8. The van der Waals surface area contributed by atoms with Crippen LogP contribution < -0.4 is 9.47 Å². The van der Waals surface area contributed by atoms with Gasteiger partial charge in [0.15, 0.2) is 6.10 Å². The number of halogens is 3. The highest BCUT2D eigenvalue weighted by Gasteiger charge is 2.35. The number of nitrogens with zero attached hydrogens (tertiary/aromatic N) is 1. The minimum Gasteiger partial charge on any atom is -0.492 e. The molecule has 0 radical (unpaired) electrons. The molecule has 204 valence electrons. The summed E-state index contributed by atoms with van der Waals surface area (Å²) in [7, 11) is 0. The molecule has 0 fully saturated rings. The maximum absolute atomic E-state index is 13.3. The maximum Gasteiger partial charge on any atom is 0.419 e. The van der Waals surface area contributed by atoms with E-state index in [1.807, 2.05) is 20.8 Å². The van der Waals surface area contributed by atoms with Gasteiger partial charge in [0.1, 0.15) is 18.1 Å². The maximum atomic E-state index is 13.3. The van der Waals surface area contributed by atoms with Crippen LogP contribution in [0.1, 0.15) is 45.2 Å². The molecule has 0 aliphatic rings. The van der Waals surface area contributed by atoms with E-state index in [2.05, 4.69) is 0 Å². The van der Waals surface area contributed by atoms with Gasteiger partial charge in [0.2, 0.25) is 0 Å². The molecular formula is C27H34F3NO6. The topological polar surface area (TPSA) is 85.3 Å². The Labute approximate surface area is 215 Å². The van der Waals surface area contributed by atoms with E-state index >= 15 is 0 Å². The van der Waals surface area contributed by atoms with Crippen LogP contribution in [0.3, 0.4) is 0 Å². The van der Waals surface area contributed by atoms with Crippen LogP contribution in [0.5, 0.6) is 11.5 Å². The largest absolute Gasteiger partial charge is 0.492 e. The fraction of sp³-hybridized carbons (Fsp3) is 0.481. The van der Waals surface area contributed by atoms with Crippen molar-refractivity contribution in [2.45, 2.75) is 52.8 Å². The van der Waals surface area contributed by atoms with Gasteiger partial charge in [-0.3, -0.25) is 0 Å². The Bertz CT molecular complexity index is 1020. The highest BCUT2D eigenvalue weighted by molar-refractivity contribution is 5.72. The van der Waals surface area contributed by atoms with E-state index in [1.165, 1.54) is 17.0 Å². The van der Waals surface area contributed by atoms with Crippen molar-refractivity contribution in [3.63, 3.8) is 0 Å². The molecule has 0 saturated heterocycles. The van der Waals surface area contributed by atoms with Crippen LogP contribution in [-0.4, -0.2) is 54.5 Å². The Balaban J connectivity index is 2.03. The lowest BCUT2D eigenvalue weighted by Gasteiger charge is -2.26. The SMILES string of the molecule is CCOC(Cc1ccc(OCCN(CCC(C)(C)C)C(=O)Oc2ccccc2C(F)(F)F)cc1)C(=O)O. The van der Waals surface area contributed by atoms with Crippen molar-refractivity contribution in [3.05, 3.63) is 59.7 Å². The smallest absolute Gasteiger partial charge is 0.419 e. The van der Waals surface area contributed by atoms with Crippen molar-refractivity contribution in [2.24, 2.45) is 5.41 Å². The third-order valence-electron chi connectivity index (χ3n) is 5.40. The molecule has 0 spiro atoms. The summed E-state index contributed by atoms with van der Waals surface area (Å²) in [6, 6.07) is 11.4. The lowest BCUT2D eigenvalue weighted by molar-refractivity contribution is -0.150. The van der Waals surface area contributed by atoms with Crippen molar-refractivity contribution in [2.75, 3.05) is 26.3 Å². The fourth-order valence-corrected chi connectivity index (χ4v) is 3.34. The Hall–Kier alpha value is -3.27. The number of alkyl halides is 3. The molecule has 1 atom stereocenters. The van der Waals surface area contributed by atoms with Gasteiger partial charge in [0.05, 0.1) is 12.1 Å². The second-order valence-electron chi connectivity index (χ2n) is 9.64. The van der Waals surface area contributed by atoms with E-state index in [4.69, 9.17) is 14.2 Å². The molecule has 0 aromatic heterocycles. The van der Waals surface area contributed by atoms with Gasteiger partial charge < -0.3 is 24.2 Å². The van der Waals surface area contributed by atoms with E-state index in [0.29, 0.717) is 12.2 Å². The lowest BCUT2D eigenvalue weighted by Crippen LogP contribution is -2.39. The summed E-state index contributed by atoms with van der Waals surface area (Å²) < 4.78 is 56.0. The van der Waals surface area contributed by atoms with Gasteiger partial charge in [-0.1, -0.05) is 45.0 Å². The molecular weight excluding hydrogens is 491 g/mol. The molecule has 0 bridgehead atoms. The summed E-state index contributed by atoms with van der Waals surface area (Å²) in [6.45, 7) is 8.44. The van der Waals surface area contributed by atoms with Gasteiger partial charge in [0, 0.05) is 19.6 Å². The fourth-order valence-electron chi connectivity index (χ4n) is 3.34. The Morgan fingerprint density at radius 1 is 1.00 bits per heavy atom. The standard InChI is InChI=1S/C27H34F3NO6/c1-5-35-23(24(32)33)18-19-10-12-20(13-11-19)36-17-16-31(15-14-26(2,3)4)25(34)37-22-9-7-6-8-21(22)27(28,29)30/h6-13,23H,5,14-18H2,1-4H3,(H,32,33). The summed E-state index contributed by atoms with van der Waals surface area (Å²) in [6.07, 6.45) is -5.69. The van der Waals surface area contributed by atoms with Gasteiger partial charge in [-0.05, 0) is 48.6 Å². The summed E-state index contributed by atoms with van der Waals surface area (Å²) in [5.74, 6) is -1.09. The molecule has 1 unspecified atom stereocenters. The average molecular weight is 526 g/mol. The molecule has 0 aliphatic heterocycles. The molecule has 2 aromatic rings. The highest BCUT2D eigenvalue weighted by Crippen LogP contribution is 2.36. The lowest BCUT2D eigenvalue weighted by atomic mass is 9.92. The van der Waals surface area contributed by atoms with Crippen molar-refractivity contribution >= 4 is 12.1 Å². The normalized spacial score (nSPS) is 12.6. The zero-order valence-corrected chi connectivity index (χ0v) is 21.5. The van der Waals surface area contributed by atoms with Gasteiger partial charge in [0.25, 0.3) is 0 Å². The predicted molar refractivity (Wildman–Crippen MR) is 132 cm³/mol. The molecule has 10 heteroatoms. The third kappa shape index (κ3) is 10.3. The molecule has 0 aliphatic carbocycles. The first-order valence-electron chi connectivity index (χ1n) is 12.0. The summed E-state index contributed by atoms with van der Waals surface area (Å²) >= 11 is 0. The summed E-state index contributed by atoms with van der Waals surface area (Å²) in [4.78, 5) is 25.4. The van der Waals surface area contributed by atoms with Crippen LogP contribution in [0, 0.1) is 5.41 Å². The zero-order chi connectivity index (χ0) is 27.6. The Morgan fingerprint density at radius 3 is 2.22 bits per heavy atom. The molecule has 7 nitrogen and oxygen atoms in total. The van der Waals surface area contributed by atoms with Gasteiger partial charge >= 0.3 is 18.2 Å². The van der Waals surface area contributed by atoms with Gasteiger partial charge in [-0.25, -0.2) is 9.59 Å². The Morgan fingerprint density at radius 2 is 1.65 bits per heavy atom. The minimum atomic E-state index is -4.66. The third-order valence-corrected chi connectivity index (χ3v) is 5.40. The van der Waals surface area contributed by atoms with Crippen molar-refractivity contribution in [1.29, 1.82) is 0 Å². The van der Waals surface area contributed by atoms with Crippen molar-refractivity contribution in [1.82, 2.24) is 4.90 Å². The van der Waals surface area contributed by atoms with E-state index in [0.717, 1.165) is 17.7 Å². The number of amides is 1. The van der Waals surface area contributed by atoms with Crippen LogP contribution >= 0.6 is 0 Å². The molecule has 2 rings (SSSR count). The second kappa shape index (κ2) is 13.3. The number of ether oxygens (including phenoxy) is 3. The minimum absolute atomic E-state index is 0.0796.